The SMILES string of the molecule is CCc1ccc(OCC(=O)Nc2ccccc2OCC(C)C)c(Br)c1. The van der Waals surface area contributed by atoms with Gasteiger partial charge in [-0.25, -0.2) is 0 Å². The molecule has 134 valence electrons. The van der Waals surface area contributed by atoms with E-state index in [2.05, 4.69) is 42.0 Å². The fourth-order valence-corrected chi connectivity index (χ4v) is 2.70. The summed E-state index contributed by atoms with van der Waals surface area (Å²) in [6, 6.07) is 13.3. The fourth-order valence-electron chi connectivity index (χ4n) is 2.16. The molecule has 0 atom stereocenters. The van der Waals surface area contributed by atoms with Crippen LogP contribution in [0.3, 0.4) is 0 Å². The molecule has 1 amide bonds. The highest BCUT2D eigenvalue weighted by molar-refractivity contribution is 9.10. The number of nitrogens with one attached hydrogen (secondary N) is 1. The van der Waals surface area contributed by atoms with Crippen molar-refractivity contribution in [2.45, 2.75) is 27.2 Å². The Kier molecular flexibility index (Phi) is 7.31. The Morgan fingerprint density at radius 3 is 2.56 bits per heavy atom. The first-order valence-corrected chi connectivity index (χ1v) is 9.21. The molecule has 0 fully saturated rings. The van der Waals surface area contributed by atoms with Crippen molar-refractivity contribution in [2.75, 3.05) is 18.5 Å². The number of carbonyl (C=O) groups excluding carboxylic acids is 1. The first kappa shape index (κ1) is 19.3. The molecule has 2 aromatic carbocycles. The molecule has 0 saturated heterocycles. The van der Waals surface area contributed by atoms with Crippen LogP contribution < -0.4 is 14.8 Å². The zero-order valence-corrected chi connectivity index (χ0v) is 16.4. The fraction of sp³-hybridized carbons (Fsp3) is 0.350. The highest BCUT2D eigenvalue weighted by Gasteiger charge is 2.10. The van der Waals surface area contributed by atoms with Gasteiger partial charge < -0.3 is 14.8 Å². The average molecular weight is 406 g/mol. The number of amides is 1. The lowest BCUT2D eigenvalue weighted by molar-refractivity contribution is -0.118. The van der Waals surface area contributed by atoms with Gasteiger partial charge in [0.15, 0.2) is 6.61 Å². The number of benzene rings is 2. The summed E-state index contributed by atoms with van der Waals surface area (Å²) in [4.78, 5) is 12.2. The summed E-state index contributed by atoms with van der Waals surface area (Å²) < 4.78 is 12.2. The number of carbonyl (C=O) groups is 1. The molecule has 25 heavy (non-hydrogen) atoms. The van der Waals surface area contributed by atoms with E-state index in [9.17, 15) is 4.79 Å². The Balaban J connectivity index is 1.94. The van der Waals surface area contributed by atoms with E-state index < -0.39 is 0 Å². The van der Waals surface area contributed by atoms with Crippen LogP contribution in [-0.2, 0) is 11.2 Å². The minimum Gasteiger partial charge on any atom is -0.491 e. The lowest BCUT2D eigenvalue weighted by Gasteiger charge is -2.14. The smallest absolute Gasteiger partial charge is 0.262 e. The van der Waals surface area contributed by atoms with E-state index in [4.69, 9.17) is 9.47 Å². The van der Waals surface area contributed by atoms with Gasteiger partial charge in [0.1, 0.15) is 11.5 Å². The minimum absolute atomic E-state index is 0.0669. The van der Waals surface area contributed by atoms with E-state index in [1.165, 1.54) is 5.56 Å². The molecule has 0 unspecified atom stereocenters. The maximum Gasteiger partial charge on any atom is 0.262 e. The Morgan fingerprint density at radius 1 is 1.12 bits per heavy atom. The number of halogens is 1. The number of hydrogen-bond acceptors (Lipinski definition) is 3. The highest BCUT2D eigenvalue weighted by Crippen LogP contribution is 2.27. The van der Waals surface area contributed by atoms with Gasteiger partial charge in [-0.15, -0.1) is 0 Å². The second kappa shape index (κ2) is 9.47. The molecule has 0 radical (unpaired) electrons. The number of ether oxygens (including phenoxy) is 2. The van der Waals surface area contributed by atoms with E-state index in [1.54, 1.807) is 0 Å². The molecule has 5 heteroatoms. The first-order valence-electron chi connectivity index (χ1n) is 8.42. The summed E-state index contributed by atoms with van der Waals surface area (Å²) in [7, 11) is 0. The largest absolute Gasteiger partial charge is 0.491 e. The van der Waals surface area contributed by atoms with Crippen molar-refractivity contribution in [2.24, 2.45) is 5.92 Å². The van der Waals surface area contributed by atoms with Crippen molar-refractivity contribution < 1.29 is 14.3 Å². The molecule has 0 heterocycles. The maximum atomic E-state index is 12.2. The zero-order chi connectivity index (χ0) is 18.2. The summed E-state index contributed by atoms with van der Waals surface area (Å²) >= 11 is 3.47. The number of para-hydroxylation sites is 2. The normalized spacial score (nSPS) is 10.6. The van der Waals surface area contributed by atoms with Gasteiger partial charge in [0.2, 0.25) is 0 Å². The Hall–Kier alpha value is -2.01. The second-order valence-electron chi connectivity index (χ2n) is 6.16. The first-order chi connectivity index (χ1) is 12.0. The van der Waals surface area contributed by atoms with E-state index in [-0.39, 0.29) is 12.5 Å². The van der Waals surface area contributed by atoms with Crippen molar-refractivity contribution in [1.29, 1.82) is 0 Å². The summed E-state index contributed by atoms with van der Waals surface area (Å²) in [6.07, 6.45) is 0.951. The molecule has 0 aliphatic rings. The zero-order valence-electron chi connectivity index (χ0n) is 14.8. The van der Waals surface area contributed by atoms with Crippen LogP contribution in [0.1, 0.15) is 26.3 Å². The number of hydrogen-bond donors (Lipinski definition) is 1. The van der Waals surface area contributed by atoms with Crippen molar-refractivity contribution >= 4 is 27.5 Å². The molecular weight excluding hydrogens is 382 g/mol. The predicted molar refractivity (Wildman–Crippen MR) is 104 cm³/mol. The molecule has 0 aromatic heterocycles. The Labute approximate surface area is 157 Å². The van der Waals surface area contributed by atoms with Crippen molar-refractivity contribution in [3.63, 3.8) is 0 Å². The Morgan fingerprint density at radius 2 is 1.88 bits per heavy atom. The van der Waals surface area contributed by atoms with Gasteiger partial charge in [0.05, 0.1) is 16.8 Å². The van der Waals surface area contributed by atoms with E-state index >= 15 is 0 Å². The van der Waals surface area contributed by atoms with Crippen LogP contribution in [0.25, 0.3) is 0 Å². The molecule has 2 aromatic rings. The van der Waals surface area contributed by atoms with Crippen LogP contribution in [0, 0.1) is 5.92 Å². The molecule has 2 rings (SSSR count). The summed E-state index contributed by atoms with van der Waals surface area (Å²) in [6.45, 7) is 6.78. The predicted octanol–water partition coefficient (Wildman–Crippen LogP) is 5.06. The third-order valence-corrected chi connectivity index (χ3v) is 4.12. The standard InChI is InChI=1S/C20H24BrNO3/c1-4-15-9-10-18(16(21)11-15)25-13-20(23)22-17-7-5-6-8-19(17)24-12-14(2)3/h5-11,14H,4,12-13H2,1-3H3,(H,22,23). The van der Waals surface area contributed by atoms with Crippen molar-refractivity contribution in [3.8, 4) is 11.5 Å². The van der Waals surface area contributed by atoms with E-state index in [0.717, 1.165) is 10.9 Å². The van der Waals surface area contributed by atoms with E-state index in [0.29, 0.717) is 29.7 Å². The molecule has 0 spiro atoms. The minimum atomic E-state index is -0.230. The van der Waals surface area contributed by atoms with Crippen LogP contribution >= 0.6 is 15.9 Å². The van der Waals surface area contributed by atoms with Crippen LogP contribution in [0.5, 0.6) is 11.5 Å². The van der Waals surface area contributed by atoms with E-state index in [1.807, 2.05) is 42.5 Å². The quantitative estimate of drug-likeness (QED) is 0.667. The summed E-state index contributed by atoms with van der Waals surface area (Å²) in [5, 5.41) is 2.84. The van der Waals surface area contributed by atoms with Crippen molar-refractivity contribution in [3.05, 3.63) is 52.5 Å². The van der Waals surface area contributed by atoms with Gasteiger partial charge in [-0.05, 0) is 58.1 Å². The average Bonchev–Trinajstić information content (AvgIpc) is 2.59. The second-order valence-corrected chi connectivity index (χ2v) is 7.01. The van der Waals surface area contributed by atoms with Gasteiger partial charge in [0, 0.05) is 0 Å². The lowest BCUT2D eigenvalue weighted by Crippen LogP contribution is -2.21. The number of anilines is 1. The maximum absolute atomic E-state index is 12.2. The molecule has 4 nitrogen and oxygen atoms in total. The molecule has 0 aliphatic heterocycles. The van der Waals surface area contributed by atoms with Gasteiger partial charge in [-0.3, -0.25) is 4.79 Å². The monoisotopic (exact) mass is 405 g/mol. The van der Waals surface area contributed by atoms with Crippen molar-refractivity contribution in [1.82, 2.24) is 0 Å². The molecular formula is C20H24BrNO3. The topological polar surface area (TPSA) is 47.6 Å². The van der Waals surface area contributed by atoms with Crippen LogP contribution in [0.15, 0.2) is 46.9 Å². The van der Waals surface area contributed by atoms with Gasteiger partial charge in [-0.2, -0.15) is 0 Å². The molecule has 0 aliphatic carbocycles. The number of rotatable bonds is 8. The molecule has 1 N–H and O–H groups in total. The van der Waals surface area contributed by atoms with Gasteiger partial charge in [0.25, 0.3) is 5.91 Å². The molecule has 0 saturated carbocycles. The van der Waals surface area contributed by atoms with Gasteiger partial charge in [-0.1, -0.05) is 39.0 Å². The number of aryl methyl sites for hydroxylation is 1. The van der Waals surface area contributed by atoms with Gasteiger partial charge >= 0.3 is 0 Å². The highest BCUT2D eigenvalue weighted by atomic mass is 79.9. The van der Waals surface area contributed by atoms with Crippen LogP contribution in [-0.4, -0.2) is 19.1 Å². The Bertz CT molecular complexity index is 716. The third-order valence-electron chi connectivity index (χ3n) is 3.50. The van der Waals surface area contributed by atoms with Crippen LogP contribution in [0.4, 0.5) is 5.69 Å². The van der Waals surface area contributed by atoms with Crippen LogP contribution in [0.2, 0.25) is 0 Å². The molecule has 0 bridgehead atoms. The summed E-state index contributed by atoms with van der Waals surface area (Å²) in [5.74, 6) is 1.50. The third kappa shape index (κ3) is 6.09. The summed E-state index contributed by atoms with van der Waals surface area (Å²) in [5.41, 5.74) is 1.86. The lowest BCUT2D eigenvalue weighted by atomic mass is 10.2.